The summed E-state index contributed by atoms with van der Waals surface area (Å²) in [6.07, 6.45) is 12.1. The number of carbonyl (C=O) groups excluding carboxylic acids is 2. The van der Waals surface area contributed by atoms with Gasteiger partial charge in [0.25, 0.3) is 0 Å². The highest BCUT2D eigenvalue weighted by molar-refractivity contribution is 5.81. The molecule has 2 aliphatic rings. The number of aromatic hydroxyl groups is 2. The molecule has 2 aromatic carbocycles. The molecule has 0 spiro atoms. The van der Waals surface area contributed by atoms with Crippen molar-refractivity contribution in [2.45, 2.75) is 76.7 Å². The molecule has 4 unspecified atom stereocenters. The summed E-state index contributed by atoms with van der Waals surface area (Å²) in [6.45, 7) is 4.53. The first-order valence-electron chi connectivity index (χ1n) is 17.1. The number of phenolic OH excluding ortho intramolecular Hbond substituents is 2. The molecule has 0 aliphatic carbocycles. The van der Waals surface area contributed by atoms with Crippen LogP contribution in [0.15, 0.2) is 78.4 Å². The van der Waals surface area contributed by atoms with Gasteiger partial charge in [0.1, 0.15) is 17.6 Å². The normalized spacial score (nSPS) is 22.1. The number of dihydropyridines is 1. The summed E-state index contributed by atoms with van der Waals surface area (Å²) in [6, 6.07) is 12.5. The number of Topliss-reactive ketones (excluding diaryl/α,β-unsaturated/α-hetero) is 1. The Morgan fingerprint density at radius 2 is 1.80 bits per heavy atom. The van der Waals surface area contributed by atoms with Crippen LogP contribution in [0.3, 0.4) is 0 Å². The summed E-state index contributed by atoms with van der Waals surface area (Å²) in [5, 5.41) is 27.4. The van der Waals surface area contributed by atoms with Gasteiger partial charge >= 0.3 is 5.97 Å². The number of rotatable bonds is 5. The van der Waals surface area contributed by atoms with Crippen molar-refractivity contribution in [1.29, 1.82) is 0 Å². The highest BCUT2D eigenvalue weighted by Gasteiger charge is 2.25. The number of aromatic amines is 1. The van der Waals surface area contributed by atoms with Gasteiger partial charge in [-0.05, 0) is 89.8 Å². The molecule has 0 fully saturated rings. The first kappa shape index (κ1) is 35.2. The van der Waals surface area contributed by atoms with Crippen LogP contribution in [0.1, 0.15) is 80.0 Å². The SMILES string of the molecule is CCC1CCC(OC(C)=O)CC(=O)CC(c2ccc(O)c(OC)c2)C#CCNC2=CC(=CCN2)C(c2cccc(O)c2)Cc2c[nH]cc2C1. The van der Waals surface area contributed by atoms with Gasteiger partial charge in [-0.1, -0.05) is 49.5 Å². The molecule has 0 saturated heterocycles. The van der Waals surface area contributed by atoms with Crippen LogP contribution in [0.5, 0.6) is 17.2 Å². The van der Waals surface area contributed by atoms with Crippen LogP contribution in [0.2, 0.25) is 0 Å². The van der Waals surface area contributed by atoms with Crippen molar-refractivity contribution in [3.05, 3.63) is 101 Å². The molecule has 0 radical (unpaired) electrons. The van der Waals surface area contributed by atoms with Gasteiger partial charge in [0.15, 0.2) is 11.5 Å². The van der Waals surface area contributed by atoms with E-state index in [1.807, 2.05) is 12.1 Å². The van der Waals surface area contributed by atoms with Gasteiger partial charge in [0, 0.05) is 44.6 Å². The average molecular weight is 666 g/mol. The molecule has 258 valence electrons. The first-order chi connectivity index (χ1) is 23.7. The second kappa shape index (κ2) is 16.8. The second-order valence-electron chi connectivity index (χ2n) is 12.9. The Labute approximate surface area is 288 Å². The molecule has 49 heavy (non-hydrogen) atoms. The van der Waals surface area contributed by atoms with E-state index in [-0.39, 0.29) is 36.0 Å². The second-order valence-corrected chi connectivity index (χ2v) is 12.9. The zero-order valence-corrected chi connectivity index (χ0v) is 28.6. The van der Waals surface area contributed by atoms with E-state index in [9.17, 15) is 19.8 Å². The van der Waals surface area contributed by atoms with Crippen molar-refractivity contribution in [3.63, 3.8) is 0 Å². The van der Waals surface area contributed by atoms with Crippen LogP contribution < -0.4 is 15.4 Å². The lowest BCUT2D eigenvalue weighted by atomic mass is 9.82. The van der Waals surface area contributed by atoms with Crippen molar-refractivity contribution >= 4 is 11.8 Å². The summed E-state index contributed by atoms with van der Waals surface area (Å²) in [7, 11) is 1.48. The minimum absolute atomic E-state index is 0.00511. The largest absolute Gasteiger partial charge is 0.508 e. The number of carbonyl (C=O) groups is 2. The molecular weight excluding hydrogens is 618 g/mol. The summed E-state index contributed by atoms with van der Waals surface area (Å²) < 4.78 is 11.0. The van der Waals surface area contributed by atoms with Gasteiger partial charge in [-0.15, -0.1) is 0 Å². The zero-order chi connectivity index (χ0) is 34.8. The third-order valence-electron chi connectivity index (χ3n) is 9.42. The van der Waals surface area contributed by atoms with Crippen LogP contribution in [-0.4, -0.2) is 53.3 Å². The molecular formula is C40H47N3O6. The van der Waals surface area contributed by atoms with E-state index in [2.05, 4.69) is 65.0 Å². The Bertz CT molecular complexity index is 1750. The van der Waals surface area contributed by atoms with Crippen molar-refractivity contribution in [3.8, 4) is 29.1 Å². The Hall–Kier alpha value is -5.10. The van der Waals surface area contributed by atoms with E-state index < -0.39 is 18.0 Å². The number of fused-ring (bicyclic) bond motifs is 2. The number of benzene rings is 2. The number of nitrogens with one attached hydrogen (secondary N) is 3. The fourth-order valence-corrected chi connectivity index (χ4v) is 6.77. The molecule has 2 bridgehead atoms. The molecule has 3 heterocycles. The van der Waals surface area contributed by atoms with E-state index in [1.165, 1.54) is 25.2 Å². The van der Waals surface area contributed by atoms with Crippen molar-refractivity contribution in [1.82, 2.24) is 15.6 Å². The number of hydrogen-bond acceptors (Lipinski definition) is 8. The maximum Gasteiger partial charge on any atom is 0.302 e. The van der Waals surface area contributed by atoms with Crippen LogP contribution in [-0.2, 0) is 27.2 Å². The summed E-state index contributed by atoms with van der Waals surface area (Å²) in [5.74, 6) is 7.30. The highest BCUT2D eigenvalue weighted by atomic mass is 16.5. The van der Waals surface area contributed by atoms with E-state index in [1.54, 1.807) is 24.3 Å². The Morgan fingerprint density at radius 1 is 0.980 bits per heavy atom. The predicted octanol–water partition coefficient (Wildman–Crippen LogP) is 6.15. The lowest BCUT2D eigenvalue weighted by Crippen LogP contribution is -2.30. The van der Waals surface area contributed by atoms with Crippen LogP contribution in [0, 0.1) is 17.8 Å². The van der Waals surface area contributed by atoms with Crippen molar-refractivity contribution in [2.24, 2.45) is 5.92 Å². The number of ketones is 1. The number of H-pyrrole nitrogens is 1. The van der Waals surface area contributed by atoms with Crippen molar-refractivity contribution in [2.75, 3.05) is 20.2 Å². The number of esters is 1. The van der Waals surface area contributed by atoms with E-state index in [0.717, 1.165) is 48.2 Å². The van der Waals surface area contributed by atoms with E-state index in [0.29, 0.717) is 31.2 Å². The minimum atomic E-state index is -0.528. The lowest BCUT2D eigenvalue weighted by molar-refractivity contribution is -0.148. The molecule has 5 N–H and O–H groups in total. The van der Waals surface area contributed by atoms with E-state index >= 15 is 0 Å². The number of allylic oxidation sites excluding steroid dienone is 2. The third kappa shape index (κ3) is 9.73. The lowest BCUT2D eigenvalue weighted by Gasteiger charge is -2.25. The number of ether oxygens (including phenoxy) is 2. The summed E-state index contributed by atoms with van der Waals surface area (Å²) in [4.78, 5) is 29.0. The number of phenols is 2. The summed E-state index contributed by atoms with van der Waals surface area (Å²) >= 11 is 0. The highest BCUT2D eigenvalue weighted by Crippen LogP contribution is 2.35. The smallest absolute Gasteiger partial charge is 0.302 e. The monoisotopic (exact) mass is 665 g/mol. The predicted molar refractivity (Wildman–Crippen MR) is 189 cm³/mol. The zero-order valence-electron chi connectivity index (χ0n) is 28.6. The topological polar surface area (TPSA) is 133 Å². The fourth-order valence-electron chi connectivity index (χ4n) is 6.77. The number of hydrogen-bond donors (Lipinski definition) is 5. The molecule has 0 amide bonds. The standard InChI is InChI=1S/C40H47N3O6/c1-4-27-10-12-36(49-26(2)44)23-35(46)18-28(29-11-13-38(47)39(21-29)48-3)8-6-15-42-40-22-31(14-16-43-40)37(30-7-5-9-34(45)19-30)20-33-25-41-24-32(33)17-27/h5,7,9,11,13-14,19,21-22,24-25,27-28,36-37,41-43,45,47H,4,10,12,15-18,20,23H2,1-3H3. The molecule has 1 aromatic heterocycles. The molecule has 0 saturated carbocycles. The van der Waals surface area contributed by atoms with Gasteiger partial charge in [-0.2, -0.15) is 0 Å². The van der Waals surface area contributed by atoms with Crippen LogP contribution >= 0.6 is 0 Å². The fraction of sp³-hybridized carbons (Fsp3) is 0.400. The molecule has 2 aliphatic heterocycles. The van der Waals surface area contributed by atoms with Crippen LogP contribution in [0.25, 0.3) is 0 Å². The van der Waals surface area contributed by atoms with Crippen LogP contribution in [0.4, 0.5) is 0 Å². The number of methoxy groups -OCH3 is 1. The summed E-state index contributed by atoms with van der Waals surface area (Å²) in [5.41, 5.74) is 5.39. The molecule has 9 heteroatoms. The van der Waals surface area contributed by atoms with Gasteiger partial charge in [-0.3, -0.25) is 9.59 Å². The van der Waals surface area contributed by atoms with Gasteiger partial charge in [0.2, 0.25) is 0 Å². The maximum atomic E-state index is 13.5. The average Bonchev–Trinajstić information content (AvgIpc) is 3.52. The van der Waals surface area contributed by atoms with E-state index in [4.69, 9.17) is 9.47 Å². The molecule has 4 atom stereocenters. The van der Waals surface area contributed by atoms with Gasteiger partial charge < -0.3 is 35.3 Å². The quantitative estimate of drug-likeness (QED) is 0.162. The van der Waals surface area contributed by atoms with Gasteiger partial charge in [-0.25, -0.2) is 0 Å². The maximum absolute atomic E-state index is 13.5. The van der Waals surface area contributed by atoms with Crippen molar-refractivity contribution < 1.29 is 29.3 Å². The Morgan fingerprint density at radius 3 is 2.55 bits per heavy atom. The molecule has 9 nitrogen and oxygen atoms in total. The molecule has 3 aromatic rings. The minimum Gasteiger partial charge on any atom is -0.508 e. The third-order valence-corrected chi connectivity index (χ3v) is 9.42. The molecule has 5 rings (SSSR count). The first-order valence-corrected chi connectivity index (χ1v) is 17.1. The Kier molecular flexibility index (Phi) is 12.1. The number of aromatic nitrogens is 1. The Balaban J connectivity index is 1.50. The van der Waals surface area contributed by atoms with Gasteiger partial charge in [0.05, 0.1) is 25.4 Å².